The number of aryl methyl sites for hydroxylation is 2. The van der Waals surface area contributed by atoms with Crippen LogP contribution in [0, 0.1) is 13.8 Å². The Balaban J connectivity index is 2.08. The molecule has 0 radical (unpaired) electrons. The Morgan fingerprint density at radius 3 is 2.76 bits per heavy atom. The third kappa shape index (κ3) is 2.53. The minimum absolute atomic E-state index is 0.00995. The summed E-state index contributed by atoms with van der Waals surface area (Å²) < 4.78 is 31.0. The average molecular weight is 256 g/mol. The summed E-state index contributed by atoms with van der Waals surface area (Å²) in [6.45, 7) is 3.58. The van der Waals surface area contributed by atoms with Crippen LogP contribution in [0.25, 0.3) is 0 Å². The van der Waals surface area contributed by atoms with Crippen molar-refractivity contribution in [2.75, 3.05) is 0 Å². The Bertz CT molecular complexity index is 581. The van der Waals surface area contributed by atoms with Crippen LogP contribution in [-0.2, 0) is 16.6 Å². The van der Waals surface area contributed by atoms with Crippen molar-refractivity contribution in [3.8, 4) is 0 Å². The lowest BCUT2D eigenvalue weighted by molar-refractivity contribution is 0.462. The lowest BCUT2D eigenvalue weighted by atomic mass is 10.4. The zero-order valence-corrected chi connectivity index (χ0v) is 10.2. The van der Waals surface area contributed by atoms with E-state index in [-0.39, 0.29) is 11.6 Å². The summed E-state index contributed by atoms with van der Waals surface area (Å²) >= 11 is 0. The number of hydrogen-bond donors (Lipinski definition) is 2. The first-order chi connectivity index (χ1) is 7.99. The van der Waals surface area contributed by atoms with E-state index in [0.717, 1.165) is 5.69 Å². The van der Waals surface area contributed by atoms with Gasteiger partial charge in [0, 0.05) is 0 Å². The van der Waals surface area contributed by atoms with Crippen molar-refractivity contribution in [1.29, 1.82) is 0 Å². The summed E-state index contributed by atoms with van der Waals surface area (Å²) in [4.78, 5) is 4.08. The summed E-state index contributed by atoms with van der Waals surface area (Å²) in [5, 5.41) is 5.97. The fourth-order valence-corrected chi connectivity index (χ4v) is 2.12. The van der Waals surface area contributed by atoms with Gasteiger partial charge in [0.2, 0.25) is 5.89 Å². The molecule has 0 spiro atoms. The van der Waals surface area contributed by atoms with Gasteiger partial charge in [-0.3, -0.25) is 5.10 Å². The summed E-state index contributed by atoms with van der Waals surface area (Å²) in [5.74, 6) is 1.02. The largest absolute Gasteiger partial charge is 0.444 e. The molecule has 0 atom stereocenters. The maximum absolute atomic E-state index is 11.7. The van der Waals surface area contributed by atoms with Gasteiger partial charge in [-0.1, -0.05) is 0 Å². The number of nitrogens with one attached hydrogen (secondary N) is 2. The van der Waals surface area contributed by atoms with Crippen LogP contribution in [-0.4, -0.2) is 23.6 Å². The monoisotopic (exact) mass is 256 g/mol. The molecular weight excluding hydrogens is 244 g/mol. The molecule has 8 heteroatoms. The van der Waals surface area contributed by atoms with E-state index in [9.17, 15) is 8.42 Å². The van der Waals surface area contributed by atoms with E-state index in [1.807, 2.05) is 0 Å². The average Bonchev–Trinajstić information content (AvgIpc) is 2.87. The molecule has 0 aliphatic heterocycles. The van der Waals surface area contributed by atoms with Gasteiger partial charge in [0.15, 0.2) is 5.03 Å². The minimum atomic E-state index is -3.59. The molecule has 0 bridgehead atoms. The van der Waals surface area contributed by atoms with Gasteiger partial charge in [-0.2, -0.15) is 5.10 Å². The number of sulfonamides is 1. The first-order valence-corrected chi connectivity index (χ1v) is 6.39. The predicted octanol–water partition coefficient (Wildman–Crippen LogP) is 0.493. The number of aromatic amines is 1. The fourth-order valence-electron chi connectivity index (χ4n) is 1.24. The van der Waals surface area contributed by atoms with Crippen molar-refractivity contribution in [3.05, 3.63) is 29.6 Å². The van der Waals surface area contributed by atoms with Crippen molar-refractivity contribution >= 4 is 10.0 Å². The maximum atomic E-state index is 11.7. The van der Waals surface area contributed by atoms with Crippen LogP contribution in [0.2, 0.25) is 0 Å². The van der Waals surface area contributed by atoms with Crippen molar-refractivity contribution < 1.29 is 12.8 Å². The van der Waals surface area contributed by atoms with Gasteiger partial charge in [0.1, 0.15) is 5.76 Å². The summed E-state index contributed by atoms with van der Waals surface area (Å²) in [5.41, 5.74) is 0.751. The summed E-state index contributed by atoms with van der Waals surface area (Å²) in [7, 11) is -3.59. The van der Waals surface area contributed by atoms with Gasteiger partial charge < -0.3 is 4.42 Å². The van der Waals surface area contributed by atoms with E-state index in [2.05, 4.69) is 19.9 Å². The molecule has 7 nitrogen and oxygen atoms in total. The third-order valence-electron chi connectivity index (χ3n) is 2.25. The zero-order chi connectivity index (χ0) is 12.5. The highest BCUT2D eigenvalue weighted by Gasteiger charge is 2.16. The van der Waals surface area contributed by atoms with Crippen LogP contribution in [0.15, 0.2) is 21.7 Å². The van der Waals surface area contributed by atoms with Crippen LogP contribution in [0.5, 0.6) is 0 Å². The summed E-state index contributed by atoms with van der Waals surface area (Å²) in [6, 6.07) is 1.37. The smallest absolute Gasteiger partial charge is 0.257 e. The van der Waals surface area contributed by atoms with E-state index in [1.165, 1.54) is 12.3 Å². The maximum Gasteiger partial charge on any atom is 0.257 e. The molecule has 0 amide bonds. The molecule has 0 aromatic carbocycles. The molecule has 0 aliphatic rings. The van der Waals surface area contributed by atoms with E-state index in [1.54, 1.807) is 13.8 Å². The third-order valence-corrected chi connectivity index (χ3v) is 3.58. The first kappa shape index (κ1) is 11.8. The number of rotatable bonds is 4. The van der Waals surface area contributed by atoms with Crippen molar-refractivity contribution in [3.63, 3.8) is 0 Å². The Labute approximate surface area is 98.3 Å². The molecular formula is C9H12N4O3S. The molecule has 2 aromatic rings. The number of nitrogens with zero attached hydrogens (tertiary/aromatic N) is 2. The highest BCUT2D eigenvalue weighted by molar-refractivity contribution is 7.89. The summed E-state index contributed by atoms with van der Waals surface area (Å²) in [6.07, 6.45) is 1.37. The lowest BCUT2D eigenvalue weighted by Crippen LogP contribution is -2.23. The van der Waals surface area contributed by atoms with Crippen LogP contribution in [0.4, 0.5) is 0 Å². The van der Waals surface area contributed by atoms with E-state index in [0.29, 0.717) is 11.7 Å². The molecule has 0 fully saturated rings. The molecule has 0 aliphatic carbocycles. The molecule has 2 rings (SSSR count). The van der Waals surface area contributed by atoms with Crippen molar-refractivity contribution in [1.82, 2.24) is 19.9 Å². The number of oxazole rings is 1. The number of hydrogen-bond acceptors (Lipinski definition) is 5. The quantitative estimate of drug-likeness (QED) is 0.829. The van der Waals surface area contributed by atoms with Gasteiger partial charge in [-0.15, -0.1) is 0 Å². The van der Waals surface area contributed by atoms with Crippen molar-refractivity contribution in [2.45, 2.75) is 25.4 Å². The lowest BCUT2D eigenvalue weighted by Gasteiger charge is -2.01. The Hall–Kier alpha value is -1.67. The Kier molecular flexibility index (Phi) is 2.99. The van der Waals surface area contributed by atoms with Gasteiger partial charge >= 0.3 is 0 Å². The van der Waals surface area contributed by atoms with E-state index >= 15 is 0 Å². The molecule has 2 heterocycles. The topological polar surface area (TPSA) is 101 Å². The van der Waals surface area contributed by atoms with Crippen LogP contribution < -0.4 is 4.72 Å². The second-order valence-corrected chi connectivity index (χ2v) is 5.23. The second-order valence-electron chi connectivity index (χ2n) is 3.49. The highest BCUT2D eigenvalue weighted by Crippen LogP contribution is 2.09. The molecule has 2 N–H and O–H groups in total. The van der Waals surface area contributed by atoms with E-state index in [4.69, 9.17) is 4.42 Å². The van der Waals surface area contributed by atoms with Gasteiger partial charge in [-0.05, 0) is 19.9 Å². The van der Waals surface area contributed by atoms with Crippen LogP contribution >= 0.6 is 0 Å². The predicted molar refractivity (Wildman–Crippen MR) is 58.6 cm³/mol. The Morgan fingerprint density at radius 1 is 1.47 bits per heavy atom. The van der Waals surface area contributed by atoms with Crippen molar-refractivity contribution in [2.24, 2.45) is 0 Å². The molecule has 0 unspecified atom stereocenters. The van der Waals surface area contributed by atoms with Gasteiger partial charge in [-0.25, -0.2) is 18.1 Å². The zero-order valence-electron chi connectivity index (χ0n) is 9.39. The fraction of sp³-hybridized carbons (Fsp3) is 0.333. The molecule has 0 saturated heterocycles. The van der Waals surface area contributed by atoms with Gasteiger partial charge in [0.05, 0.1) is 18.4 Å². The SMILES string of the molecule is Cc1nc(CNS(=O)(=O)c2ccn[nH]2)oc1C. The number of aromatic nitrogens is 3. The minimum Gasteiger partial charge on any atom is -0.444 e. The van der Waals surface area contributed by atoms with Gasteiger partial charge in [0.25, 0.3) is 10.0 Å². The molecule has 92 valence electrons. The van der Waals surface area contributed by atoms with E-state index < -0.39 is 10.0 Å². The first-order valence-electron chi connectivity index (χ1n) is 4.91. The Morgan fingerprint density at radius 2 is 2.24 bits per heavy atom. The molecule has 0 saturated carbocycles. The number of H-pyrrole nitrogens is 1. The van der Waals surface area contributed by atoms with Crippen LogP contribution in [0.1, 0.15) is 17.3 Å². The standard InChI is InChI=1S/C9H12N4O3S/c1-6-7(2)16-8(12-6)5-11-17(14,15)9-3-4-10-13-9/h3-4,11H,5H2,1-2H3,(H,10,13). The normalized spacial score (nSPS) is 11.9. The highest BCUT2D eigenvalue weighted by atomic mass is 32.2. The second kappa shape index (κ2) is 4.30. The molecule has 2 aromatic heterocycles. The molecule has 17 heavy (non-hydrogen) atoms. The van der Waals surface area contributed by atoms with Crippen LogP contribution in [0.3, 0.4) is 0 Å².